The molecule has 19 heteroatoms. The molecule has 0 fully saturated rings. The van der Waals surface area contributed by atoms with Crippen LogP contribution in [0.3, 0.4) is 0 Å². The highest BCUT2D eigenvalue weighted by Crippen LogP contribution is 2.45. The zero-order chi connectivity index (χ0) is 80.3. The van der Waals surface area contributed by atoms with Crippen molar-refractivity contribution in [2.75, 3.05) is 39.6 Å². The Morgan fingerprint density at radius 1 is 0.218 bits per heavy atom. The topological polar surface area (TPSA) is 237 Å². The van der Waals surface area contributed by atoms with Crippen molar-refractivity contribution in [2.45, 2.75) is 521 Å². The number of phosphoric acid groups is 2. The summed E-state index contributed by atoms with van der Waals surface area (Å²) in [5.41, 5.74) is 0. The van der Waals surface area contributed by atoms with E-state index >= 15 is 0 Å². The van der Waals surface area contributed by atoms with Crippen LogP contribution >= 0.6 is 15.6 Å². The number of hydrogen-bond acceptors (Lipinski definition) is 15. The third-order valence-corrected chi connectivity index (χ3v) is 23.5. The second-order valence-corrected chi connectivity index (χ2v) is 35.6. The first-order chi connectivity index (χ1) is 53.7. The van der Waals surface area contributed by atoms with Gasteiger partial charge in [0.25, 0.3) is 0 Å². The molecule has 654 valence electrons. The molecule has 110 heavy (non-hydrogen) atoms. The van der Waals surface area contributed by atoms with Crippen molar-refractivity contribution in [3.05, 3.63) is 0 Å². The third-order valence-electron chi connectivity index (χ3n) is 21.6. The van der Waals surface area contributed by atoms with Crippen molar-refractivity contribution in [1.29, 1.82) is 0 Å². The van der Waals surface area contributed by atoms with Crippen molar-refractivity contribution in [2.24, 2.45) is 0 Å². The van der Waals surface area contributed by atoms with Gasteiger partial charge >= 0.3 is 39.5 Å². The van der Waals surface area contributed by atoms with Crippen molar-refractivity contribution < 1.29 is 80.2 Å². The van der Waals surface area contributed by atoms with E-state index in [4.69, 9.17) is 37.0 Å². The molecule has 3 N–H and O–H groups in total. The zero-order valence-corrected chi connectivity index (χ0v) is 74.0. The molecule has 0 heterocycles. The lowest BCUT2D eigenvalue weighted by molar-refractivity contribution is -0.161. The molecule has 0 aliphatic carbocycles. The predicted molar refractivity (Wildman–Crippen MR) is 455 cm³/mol. The van der Waals surface area contributed by atoms with E-state index in [1.165, 1.54) is 334 Å². The molecule has 5 atom stereocenters. The van der Waals surface area contributed by atoms with Crippen LogP contribution in [-0.2, 0) is 65.4 Å². The average Bonchev–Trinajstić information content (AvgIpc) is 0.906. The number of rotatable bonds is 92. The predicted octanol–water partition coefficient (Wildman–Crippen LogP) is 28.5. The van der Waals surface area contributed by atoms with Gasteiger partial charge in [-0.15, -0.1) is 0 Å². The van der Waals surface area contributed by atoms with E-state index in [9.17, 15) is 43.2 Å². The third kappa shape index (κ3) is 84.0. The Labute approximate surface area is 677 Å². The van der Waals surface area contributed by atoms with Crippen LogP contribution in [0, 0.1) is 0 Å². The summed E-state index contributed by atoms with van der Waals surface area (Å²) in [6.07, 6.45) is 82.1. The average molecular weight is 1610 g/mol. The van der Waals surface area contributed by atoms with Crippen LogP contribution in [0.25, 0.3) is 0 Å². The van der Waals surface area contributed by atoms with E-state index in [-0.39, 0.29) is 25.7 Å². The summed E-state index contributed by atoms with van der Waals surface area (Å²) in [7, 11) is -9.93. The van der Waals surface area contributed by atoms with Gasteiger partial charge in [-0.2, -0.15) is 0 Å². The maximum Gasteiger partial charge on any atom is 0.472 e. The van der Waals surface area contributed by atoms with Gasteiger partial charge in [0.1, 0.15) is 19.3 Å². The molecule has 0 rings (SSSR count). The molecule has 0 aromatic rings. The first-order valence-corrected chi connectivity index (χ1v) is 50.3. The minimum Gasteiger partial charge on any atom is -0.462 e. The molecule has 0 amide bonds. The number of aliphatic hydroxyl groups excluding tert-OH is 1. The number of ether oxygens (including phenoxy) is 4. The fraction of sp³-hybridized carbons (Fsp3) is 0.956. The van der Waals surface area contributed by atoms with Crippen molar-refractivity contribution in [3.8, 4) is 0 Å². The van der Waals surface area contributed by atoms with Crippen LogP contribution in [0.2, 0.25) is 0 Å². The molecular formula is C91H178O17P2. The minimum atomic E-state index is -4.97. The lowest BCUT2D eigenvalue weighted by Gasteiger charge is -2.21. The highest BCUT2D eigenvalue weighted by molar-refractivity contribution is 7.47. The summed E-state index contributed by atoms with van der Waals surface area (Å²) in [6.45, 7) is 5.08. The number of unbranched alkanes of at least 4 members (excludes halogenated alkanes) is 66. The summed E-state index contributed by atoms with van der Waals surface area (Å²) in [5.74, 6) is -2.09. The number of esters is 4. The number of carbonyl (C=O) groups is 4. The highest BCUT2D eigenvalue weighted by atomic mass is 31.2. The van der Waals surface area contributed by atoms with E-state index in [1.807, 2.05) is 0 Å². The van der Waals surface area contributed by atoms with Crippen molar-refractivity contribution in [1.82, 2.24) is 0 Å². The van der Waals surface area contributed by atoms with Crippen LogP contribution in [0.1, 0.15) is 503 Å². The molecule has 0 aromatic heterocycles. The van der Waals surface area contributed by atoms with Crippen LogP contribution in [0.15, 0.2) is 0 Å². The Hall–Kier alpha value is -1.94. The molecular weight excluding hydrogens is 1430 g/mol. The summed E-state index contributed by atoms with van der Waals surface area (Å²) in [6, 6.07) is 0. The van der Waals surface area contributed by atoms with E-state index in [0.29, 0.717) is 25.7 Å². The van der Waals surface area contributed by atoms with Crippen LogP contribution in [0.5, 0.6) is 0 Å². The van der Waals surface area contributed by atoms with Gasteiger partial charge in [0.05, 0.1) is 26.4 Å². The molecule has 0 aromatic carbocycles. The number of carbonyl (C=O) groups excluding carboxylic acids is 4. The smallest absolute Gasteiger partial charge is 0.462 e. The normalized spacial score (nSPS) is 13.6. The van der Waals surface area contributed by atoms with Gasteiger partial charge in [0, 0.05) is 25.7 Å². The quantitative estimate of drug-likeness (QED) is 0.0222. The minimum absolute atomic E-state index is 0.109. The molecule has 0 spiro atoms. The Morgan fingerprint density at radius 3 is 0.536 bits per heavy atom. The lowest BCUT2D eigenvalue weighted by Crippen LogP contribution is -2.30. The van der Waals surface area contributed by atoms with E-state index in [2.05, 4.69) is 27.7 Å². The molecule has 0 bridgehead atoms. The van der Waals surface area contributed by atoms with Gasteiger partial charge in [-0.3, -0.25) is 37.3 Å². The largest absolute Gasteiger partial charge is 0.472 e. The molecule has 0 saturated heterocycles. The van der Waals surface area contributed by atoms with Gasteiger partial charge in [-0.25, -0.2) is 9.13 Å². The van der Waals surface area contributed by atoms with E-state index in [0.717, 1.165) is 89.9 Å². The highest BCUT2D eigenvalue weighted by Gasteiger charge is 2.31. The lowest BCUT2D eigenvalue weighted by atomic mass is 10.0. The summed E-state index contributed by atoms with van der Waals surface area (Å²) >= 11 is 0. The Bertz CT molecular complexity index is 2070. The number of hydrogen-bond donors (Lipinski definition) is 3. The summed E-state index contributed by atoms with van der Waals surface area (Å²) in [4.78, 5) is 73.4. The van der Waals surface area contributed by atoms with Gasteiger partial charge in [-0.1, -0.05) is 451 Å². The van der Waals surface area contributed by atoms with Crippen molar-refractivity contribution >= 4 is 39.5 Å². The van der Waals surface area contributed by atoms with E-state index in [1.54, 1.807) is 0 Å². The summed E-state index contributed by atoms with van der Waals surface area (Å²) < 4.78 is 69.0. The maximum atomic E-state index is 13.2. The maximum absolute atomic E-state index is 13.2. The zero-order valence-electron chi connectivity index (χ0n) is 72.3. The van der Waals surface area contributed by atoms with E-state index < -0.39 is 97.5 Å². The molecule has 2 unspecified atom stereocenters. The van der Waals surface area contributed by atoms with Crippen LogP contribution < -0.4 is 0 Å². The molecule has 17 nitrogen and oxygen atoms in total. The van der Waals surface area contributed by atoms with Crippen LogP contribution in [-0.4, -0.2) is 96.7 Å². The Kier molecular flexibility index (Phi) is 83.5. The van der Waals surface area contributed by atoms with Crippen molar-refractivity contribution in [3.63, 3.8) is 0 Å². The first-order valence-electron chi connectivity index (χ1n) is 47.3. The fourth-order valence-electron chi connectivity index (χ4n) is 14.4. The number of aliphatic hydroxyl groups is 1. The first kappa shape index (κ1) is 108. The fourth-order valence-corrected chi connectivity index (χ4v) is 16.0. The van der Waals surface area contributed by atoms with Gasteiger partial charge in [0.2, 0.25) is 0 Å². The van der Waals surface area contributed by atoms with Gasteiger partial charge < -0.3 is 33.8 Å². The molecule has 0 radical (unpaired) electrons. The monoisotopic (exact) mass is 1610 g/mol. The SMILES string of the molecule is CCCCCCCCCCCCCCCCCCCCCCCCC(=O)OC[C@H](COP(=O)(O)OC[C@@H](O)COP(=O)(O)OC[C@@H](COC(=O)CCCCCCCCCCCCCCC)OC(=O)CCCCCCCCCCCCCCC)OC(=O)CCCCCCCCCCCCCCCCCCCCCCCC. The molecule has 0 aliphatic rings. The van der Waals surface area contributed by atoms with Gasteiger partial charge in [0.15, 0.2) is 12.2 Å². The molecule has 0 aliphatic heterocycles. The summed E-state index contributed by atoms with van der Waals surface area (Å²) in [5, 5.41) is 10.7. The van der Waals surface area contributed by atoms with Crippen LogP contribution in [0.4, 0.5) is 0 Å². The number of phosphoric ester groups is 2. The second kappa shape index (κ2) is 85.0. The standard InChI is InChI=1S/C91H178O17P2/c1-5-9-13-17-21-25-29-33-35-37-39-41-43-45-47-49-53-56-60-64-68-72-76-89(94)102-82-87(108-91(96)78-74-70-66-62-58-54-50-48-46-44-42-40-38-36-34-30-26-22-18-14-10-6-2)84-106-110(99,100)104-80-85(92)79-103-109(97,98)105-83-86(107-90(95)77-73-69-65-61-57-52-32-28-24-20-16-12-8-4)81-101-88(93)75-71-67-63-59-55-51-31-27-23-19-15-11-7-3/h85-87,92H,5-84H2,1-4H3,(H,97,98)(H,99,100)/t85-,86+,87+/m0/s1. The molecule has 0 saturated carbocycles. The van der Waals surface area contributed by atoms with Gasteiger partial charge in [-0.05, 0) is 25.7 Å². The Balaban J connectivity index is 5.21. The Morgan fingerprint density at radius 2 is 0.364 bits per heavy atom. The second-order valence-electron chi connectivity index (χ2n) is 32.7.